The Morgan fingerprint density at radius 2 is 1.73 bits per heavy atom. The molecule has 2 heterocycles. The standard InChI is InChI=1S/C25H39N3O9/c1-14(2)20-18(24(28-27-20)37-25-23(34)22(33)21(32)19(13-31)36-25)10-15-4-6-17(7-5-15)35-9-3-8-26-16(11-29)12-30/h4-7,14,16,19,21-23,25-26,29-34H,3,8-13H2,1-2H3,(H,27,28)/t19-,21-,22+,23-,25+/m1/s1. The first-order valence-corrected chi connectivity index (χ1v) is 12.5. The SMILES string of the molecule is CC(C)c1[nH]nc(O[C@@H]2O[C@H](CO)[C@@H](O)[C@H](O)[C@H]2O)c1Cc1ccc(OCCCNC(CO)CO)cc1. The van der Waals surface area contributed by atoms with E-state index < -0.39 is 37.3 Å². The number of aromatic nitrogens is 2. The molecule has 0 unspecified atom stereocenters. The van der Waals surface area contributed by atoms with Gasteiger partial charge < -0.3 is 50.2 Å². The normalized spacial score (nSPS) is 24.1. The lowest BCUT2D eigenvalue weighted by Gasteiger charge is -2.39. The van der Waals surface area contributed by atoms with Gasteiger partial charge in [0.25, 0.3) is 0 Å². The molecule has 37 heavy (non-hydrogen) atoms. The Bertz CT molecular complexity index is 934. The van der Waals surface area contributed by atoms with Gasteiger partial charge >= 0.3 is 0 Å². The molecule has 3 rings (SSSR count). The Morgan fingerprint density at radius 1 is 1.03 bits per heavy atom. The van der Waals surface area contributed by atoms with E-state index in [1.54, 1.807) is 0 Å². The molecular weight excluding hydrogens is 486 g/mol. The second kappa shape index (κ2) is 14.0. The summed E-state index contributed by atoms with van der Waals surface area (Å²) >= 11 is 0. The fourth-order valence-corrected chi connectivity index (χ4v) is 4.04. The van der Waals surface area contributed by atoms with E-state index in [2.05, 4.69) is 15.5 Å². The van der Waals surface area contributed by atoms with Crippen LogP contribution in [0, 0.1) is 0 Å². The molecule has 12 heteroatoms. The number of H-pyrrole nitrogens is 1. The number of rotatable bonds is 14. The first-order chi connectivity index (χ1) is 17.8. The molecule has 0 radical (unpaired) electrons. The number of nitrogens with one attached hydrogen (secondary N) is 2. The van der Waals surface area contributed by atoms with Crippen LogP contribution in [-0.2, 0) is 11.2 Å². The molecule has 0 amide bonds. The molecule has 12 nitrogen and oxygen atoms in total. The van der Waals surface area contributed by atoms with Crippen LogP contribution in [0.15, 0.2) is 24.3 Å². The van der Waals surface area contributed by atoms with Crippen molar-refractivity contribution in [3.63, 3.8) is 0 Å². The van der Waals surface area contributed by atoms with Crippen molar-refractivity contribution in [3.05, 3.63) is 41.1 Å². The lowest BCUT2D eigenvalue weighted by atomic mass is 9.98. The van der Waals surface area contributed by atoms with Crippen LogP contribution in [0.4, 0.5) is 0 Å². The van der Waals surface area contributed by atoms with E-state index in [4.69, 9.17) is 24.4 Å². The number of ether oxygens (including phenoxy) is 3. The molecule has 0 bridgehead atoms. The predicted molar refractivity (Wildman–Crippen MR) is 132 cm³/mol. The Morgan fingerprint density at radius 3 is 2.35 bits per heavy atom. The maximum absolute atomic E-state index is 10.3. The number of aliphatic hydroxyl groups is 6. The highest BCUT2D eigenvalue weighted by Crippen LogP contribution is 2.31. The molecule has 8 N–H and O–H groups in total. The summed E-state index contributed by atoms with van der Waals surface area (Å²) < 4.78 is 17.1. The van der Waals surface area contributed by atoms with Gasteiger partial charge in [-0.2, -0.15) is 0 Å². The minimum atomic E-state index is -1.54. The molecule has 1 aromatic heterocycles. The predicted octanol–water partition coefficient (Wildman–Crippen LogP) is -0.986. The van der Waals surface area contributed by atoms with Gasteiger partial charge in [0, 0.05) is 17.7 Å². The number of aliphatic hydroxyl groups excluding tert-OH is 6. The van der Waals surface area contributed by atoms with Crippen molar-refractivity contribution in [3.8, 4) is 11.6 Å². The van der Waals surface area contributed by atoms with E-state index in [0.29, 0.717) is 31.7 Å². The van der Waals surface area contributed by atoms with Gasteiger partial charge in [-0.3, -0.25) is 5.10 Å². The summed E-state index contributed by atoms with van der Waals surface area (Å²) in [4.78, 5) is 0. The largest absolute Gasteiger partial charge is 0.494 e. The van der Waals surface area contributed by atoms with Crippen LogP contribution < -0.4 is 14.8 Å². The third-order valence-electron chi connectivity index (χ3n) is 6.28. The van der Waals surface area contributed by atoms with Crippen LogP contribution in [0.3, 0.4) is 0 Å². The molecule has 5 atom stereocenters. The van der Waals surface area contributed by atoms with Gasteiger partial charge in [-0.15, -0.1) is 5.10 Å². The molecular formula is C25H39N3O9. The van der Waals surface area contributed by atoms with Crippen LogP contribution in [0.2, 0.25) is 0 Å². The zero-order valence-electron chi connectivity index (χ0n) is 21.2. The van der Waals surface area contributed by atoms with Gasteiger partial charge in [0.1, 0.15) is 30.2 Å². The average Bonchev–Trinajstić information content (AvgIpc) is 3.29. The molecule has 1 aromatic carbocycles. The van der Waals surface area contributed by atoms with Crippen LogP contribution in [0.5, 0.6) is 11.6 Å². The number of nitrogens with zero attached hydrogens (tertiary/aromatic N) is 1. The lowest BCUT2D eigenvalue weighted by Crippen LogP contribution is -2.60. The highest BCUT2D eigenvalue weighted by Gasteiger charge is 2.45. The zero-order valence-corrected chi connectivity index (χ0v) is 21.2. The Balaban J connectivity index is 1.63. The van der Waals surface area contributed by atoms with Gasteiger partial charge in [-0.1, -0.05) is 26.0 Å². The van der Waals surface area contributed by atoms with Crippen molar-refractivity contribution in [2.45, 2.75) is 69.4 Å². The van der Waals surface area contributed by atoms with E-state index in [0.717, 1.165) is 16.8 Å². The van der Waals surface area contributed by atoms with Gasteiger partial charge in [-0.25, -0.2) is 0 Å². The highest BCUT2D eigenvalue weighted by molar-refractivity contribution is 5.39. The number of benzene rings is 1. The fourth-order valence-electron chi connectivity index (χ4n) is 4.04. The molecule has 1 fully saturated rings. The first kappa shape index (κ1) is 29.3. The topological polar surface area (TPSA) is 190 Å². The van der Waals surface area contributed by atoms with Crippen LogP contribution >= 0.6 is 0 Å². The summed E-state index contributed by atoms with van der Waals surface area (Å²) in [5, 5.41) is 68.3. The molecule has 0 aliphatic carbocycles. The van der Waals surface area contributed by atoms with Gasteiger partial charge in [-0.05, 0) is 36.6 Å². The van der Waals surface area contributed by atoms with Gasteiger partial charge in [0.15, 0.2) is 0 Å². The minimum absolute atomic E-state index is 0.0992. The van der Waals surface area contributed by atoms with Crippen LogP contribution in [0.1, 0.15) is 43.0 Å². The van der Waals surface area contributed by atoms with E-state index in [1.807, 2.05) is 38.1 Å². The Hall–Kier alpha value is -2.29. The smallest absolute Gasteiger partial charge is 0.238 e. The quantitative estimate of drug-likeness (QED) is 0.141. The van der Waals surface area contributed by atoms with E-state index in [9.17, 15) is 20.4 Å². The molecule has 1 aliphatic heterocycles. The maximum Gasteiger partial charge on any atom is 0.238 e. The lowest BCUT2D eigenvalue weighted by molar-refractivity contribution is -0.278. The summed E-state index contributed by atoms with van der Waals surface area (Å²) in [6.45, 7) is 4.30. The number of hydrogen-bond acceptors (Lipinski definition) is 11. The second-order valence-electron chi connectivity index (χ2n) is 9.43. The molecule has 208 valence electrons. The number of aromatic amines is 1. The monoisotopic (exact) mass is 525 g/mol. The average molecular weight is 526 g/mol. The summed E-state index contributed by atoms with van der Waals surface area (Å²) in [5.41, 5.74) is 2.57. The van der Waals surface area contributed by atoms with Crippen molar-refractivity contribution in [2.75, 3.05) is 33.0 Å². The summed E-state index contributed by atoms with van der Waals surface area (Å²) in [6.07, 6.45) is -5.78. The molecule has 2 aromatic rings. The van der Waals surface area contributed by atoms with Crippen molar-refractivity contribution in [1.29, 1.82) is 0 Å². The zero-order chi connectivity index (χ0) is 26.9. The Kier molecular flexibility index (Phi) is 11.1. The van der Waals surface area contributed by atoms with Gasteiger partial charge in [0.05, 0.1) is 32.5 Å². The fraction of sp³-hybridized carbons (Fsp3) is 0.640. The molecule has 1 saturated heterocycles. The van der Waals surface area contributed by atoms with Crippen molar-refractivity contribution >= 4 is 0 Å². The van der Waals surface area contributed by atoms with Crippen LogP contribution in [0.25, 0.3) is 0 Å². The third-order valence-corrected chi connectivity index (χ3v) is 6.28. The van der Waals surface area contributed by atoms with Crippen LogP contribution in [-0.4, -0.2) is 111 Å². The minimum Gasteiger partial charge on any atom is -0.494 e. The molecule has 0 spiro atoms. The van der Waals surface area contributed by atoms with Crippen molar-refractivity contribution in [1.82, 2.24) is 15.5 Å². The first-order valence-electron chi connectivity index (χ1n) is 12.5. The second-order valence-corrected chi connectivity index (χ2v) is 9.43. The van der Waals surface area contributed by atoms with Gasteiger partial charge in [0.2, 0.25) is 12.2 Å². The van der Waals surface area contributed by atoms with E-state index in [-0.39, 0.29) is 31.1 Å². The molecule has 0 saturated carbocycles. The summed E-state index contributed by atoms with van der Waals surface area (Å²) in [6, 6.07) is 7.25. The summed E-state index contributed by atoms with van der Waals surface area (Å²) in [5.74, 6) is 1.01. The highest BCUT2D eigenvalue weighted by atomic mass is 16.7. The summed E-state index contributed by atoms with van der Waals surface area (Å²) in [7, 11) is 0. The number of hydrogen-bond donors (Lipinski definition) is 8. The van der Waals surface area contributed by atoms with E-state index >= 15 is 0 Å². The maximum atomic E-state index is 10.3. The van der Waals surface area contributed by atoms with Crippen molar-refractivity contribution in [2.24, 2.45) is 0 Å². The van der Waals surface area contributed by atoms with Crippen molar-refractivity contribution < 1.29 is 44.8 Å². The third kappa shape index (κ3) is 7.62. The van der Waals surface area contributed by atoms with E-state index in [1.165, 1.54) is 0 Å². The Labute approximate surface area is 215 Å². The molecule has 1 aliphatic rings.